The molecule has 7 heteroatoms. The van der Waals surface area contributed by atoms with Crippen LogP contribution in [0.5, 0.6) is 0 Å². The van der Waals surface area contributed by atoms with E-state index in [1.54, 1.807) is 6.07 Å². The molecule has 1 aliphatic heterocycles. The topological polar surface area (TPSA) is 66.5 Å². The zero-order chi connectivity index (χ0) is 18.7. The van der Waals surface area contributed by atoms with Gasteiger partial charge in [-0.3, -0.25) is 4.79 Å². The minimum absolute atomic E-state index is 0.0135. The summed E-state index contributed by atoms with van der Waals surface area (Å²) in [5.41, 5.74) is 0.435. The van der Waals surface area contributed by atoms with E-state index in [4.69, 9.17) is 11.6 Å². The molecule has 25 heavy (non-hydrogen) atoms. The molecule has 1 amide bonds. The van der Waals surface area contributed by atoms with Gasteiger partial charge in [-0.1, -0.05) is 38.8 Å². The summed E-state index contributed by atoms with van der Waals surface area (Å²) in [5.74, 6) is -0.281. The summed E-state index contributed by atoms with van der Waals surface area (Å²) < 4.78 is 27.1. The van der Waals surface area contributed by atoms with Crippen molar-refractivity contribution >= 4 is 27.5 Å². The minimum Gasteiger partial charge on any atom is -0.352 e. The van der Waals surface area contributed by atoms with Gasteiger partial charge in [-0.15, -0.1) is 0 Å². The predicted octanol–water partition coefficient (Wildman–Crippen LogP) is 3.68. The molecular formula is C18H27ClN2O3S. The van der Waals surface area contributed by atoms with Crippen molar-refractivity contribution in [3.63, 3.8) is 0 Å². The number of nitrogens with one attached hydrogen (secondary N) is 1. The Bertz CT molecular complexity index is 720. The molecule has 0 radical (unpaired) electrons. The van der Waals surface area contributed by atoms with Crippen LogP contribution in [-0.4, -0.2) is 38.3 Å². The van der Waals surface area contributed by atoms with Crippen molar-refractivity contribution in [1.82, 2.24) is 9.62 Å². The van der Waals surface area contributed by atoms with Crippen LogP contribution in [-0.2, 0) is 10.0 Å². The number of hydrogen-bond donors (Lipinski definition) is 1. The Labute approximate surface area is 155 Å². The van der Waals surface area contributed by atoms with E-state index in [-0.39, 0.29) is 21.2 Å². The number of nitrogens with zero attached hydrogens (tertiary/aromatic N) is 1. The number of halogens is 1. The summed E-state index contributed by atoms with van der Waals surface area (Å²) in [4.78, 5) is 12.3. The Morgan fingerprint density at radius 2 is 1.84 bits per heavy atom. The molecule has 0 bridgehead atoms. The highest BCUT2D eigenvalue weighted by Gasteiger charge is 2.28. The fourth-order valence-electron chi connectivity index (χ4n) is 2.74. The van der Waals surface area contributed by atoms with Crippen molar-refractivity contribution in [1.29, 1.82) is 0 Å². The number of carbonyl (C=O) groups is 1. The van der Waals surface area contributed by atoms with Crippen molar-refractivity contribution in [2.24, 2.45) is 5.41 Å². The van der Waals surface area contributed by atoms with Crippen LogP contribution in [0, 0.1) is 5.41 Å². The lowest BCUT2D eigenvalue weighted by Gasteiger charge is -2.26. The molecule has 0 unspecified atom stereocenters. The highest BCUT2D eigenvalue weighted by Crippen LogP contribution is 2.28. The number of benzene rings is 1. The fourth-order valence-corrected chi connectivity index (χ4v) is 4.76. The van der Waals surface area contributed by atoms with Gasteiger partial charge in [0.05, 0.1) is 5.02 Å². The van der Waals surface area contributed by atoms with Crippen LogP contribution in [0.25, 0.3) is 0 Å². The lowest BCUT2D eigenvalue weighted by atomic mass is 9.92. The zero-order valence-electron chi connectivity index (χ0n) is 15.1. The van der Waals surface area contributed by atoms with Crippen LogP contribution in [0.3, 0.4) is 0 Å². The normalized spacial score (nSPS) is 16.6. The standard InChI is InChI=1S/C18H27ClN2O3S/c1-18(2,3)9-10-20-17(22)14-7-8-15(19)16(13-14)25(23,24)21-11-5-4-6-12-21/h7-8,13H,4-6,9-12H2,1-3H3,(H,20,22). The molecule has 0 spiro atoms. The first-order valence-corrected chi connectivity index (χ1v) is 10.5. The molecule has 5 nitrogen and oxygen atoms in total. The van der Waals surface area contributed by atoms with E-state index >= 15 is 0 Å². The molecule has 1 aromatic rings. The molecule has 1 aromatic carbocycles. The molecule has 1 fully saturated rings. The molecule has 1 heterocycles. The van der Waals surface area contributed by atoms with Gasteiger partial charge in [-0.2, -0.15) is 4.31 Å². The lowest BCUT2D eigenvalue weighted by Crippen LogP contribution is -2.36. The first-order chi connectivity index (χ1) is 11.6. The summed E-state index contributed by atoms with van der Waals surface area (Å²) in [6.07, 6.45) is 3.58. The van der Waals surface area contributed by atoms with E-state index in [9.17, 15) is 13.2 Å². The van der Waals surface area contributed by atoms with Gasteiger partial charge in [-0.05, 0) is 42.9 Å². The van der Waals surface area contributed by atoms with E-state index in [0.29, 0.717) is 25.2 Å². The highest BCUT2D eigenvalue weighted by atomic mass is 35.5. The summed E-state index contributed by atoms with van der Waals surface area (Å²) >= 11 is 6.13. The van der Waals surface area contributed by atoms with Crippen molar-refractivity contribution in [2.45, 2.75) is 51.3 Å². The Morgan fingerprint density at radius 1 is 1.20 bits per heavy atom. The van der Waals surface area contributed by atoms with Crippen LogP contribution < -0.4 is 5.32 Å². The van der Waals surface area contributed by atoms with Gasteiger partial charge in [0, 0.05) is 25.2 Å². The smallest absolute Gasteiger partial charge is 0.251 e. The predicted molar refractivity (Wildman–Crippen MR) is 100 cm³/mol. The maximum Gasteiger partial charge on any atom is 0.251 e. The van der Waals surface area contributed by atoms with Crippen LogP contribution in [0.1, 0.15) is 56.8 Å². The first kappa shape index (κ1) is 20.2. The summed E-state index contributed by atoms with van der Waals surface area (Å²) in [5, 5.41) is 2.99. The third-order valence-corrected chi connectivity index (χ3v) is 6.67. The van der Waals surface area contributed by atoms with Gasteiger partial charge in [0.25, 0.3) is 5.91 Å². The number of hydrogen-bond acceptors (Lipinski definition) is 3. The zero-order valence-corrected chi connectivity index (χ0v) is 16.7. The van der Waals surface area contributed by atoms with Gasteiger partial charge < -0.3 is 5.32 Å². The van der Waals surface area contributed by atoms with E-state index < -0.39 is 10.0 Å². The van der Waals surface area contributed by atoms with Crippen LogP contribution in [0.4, 0.5) is 0 Å². The Balaban J connectivity index is 2.18. The van der Waals surface area contributed by atoms with E-state index in [1.165, 1.54) is 16.4 Å². The number of rotatable bonds is 5. The Hall–Kier alpha value is -1.11. The van der Waals surface area contributed by atoms with E-state index in [0.717, 1.165) is 25.7 Å². The van der Waals surface area contributed by atoms with Gasteiger partial charge in [0.1, 0.15) is 4.90 Å². The van der Waals surface area contributed by atoms with Crippen molar-refractivity contribution in [3.05, 3.63) is 28.8 Å². The van der Waals surface area contributed by atoms with Crippen LogP contribution >= 0.6 is 11.6 Å². The highest BCUT2D eigenvalue weighted by molar-refractivity contribution is 7.89. The minimum atomic E-state index is -3.67. The van der Waals surface area contributed by atoms with Crippen molar-refractivity contribution < 1.29 is 13.2 Å². The molecule has 1 aliphatic rings. The van der Waals surface area contributed by atoms with Gasteiger partial charge in [-0.25, -0.2) is 8.42 Å². The number of carbonyl (C=O) groups excluding carboxylic acids is 1. The second-order valence-corrected chi connectivity index (χ2v) is 9.99. The van der Waals surface area contributed by atoms with Gasteiger partial charge in [0.15, 0.2) is 0 Å². The van der Waals surface area contributed by atoms with Gasteiger partial charge in [0.2, 0.25) is 10.0 Å². The summed E-state index contributed by atoms with van der Waals surface area (Å²) in [6, 6.07) is 4.43. The average Bonchev–Trinajstić information content (AvgIpc) is 2.54. The third kappa shape index (κ3) is 5.43. The molecule has 2 rings (SSSR count). The van der Waals surface area contributed by atoms with E-state index in [2.05, 4.69) is 26.1 Å². The first-order valence-electron chi connectivity index (χ1n) is 8.69. The average molecular weight is 387 g/mol. The van der Waals surface area contributed by atoms with Crippen LogP contribution in [0.2, 0.25) is 5.02 Å². The lowest BCUT2D eigenvalue weighted by molar-refractivity contribution is 0.0949. The molecule has 0 aliphatic carbocycles. The molecule has 0 atom stereocenters. The van der Waals surface area contributed by atoms with Crippen molar-refractivity contribution in [3.8, 4) is 0 Å². The van der Waals surface area contributed by atoms with Crippen molar-refractivity contribution in [2.75, 3.05) is 19.6 Å². The number of amides is 1. The molecule has 1 N–H and O–H groups in total. The van der Waals surface area contributed by atoms with Gasteiger partial charge >= 0.3 is 0 Å². The van der Waals surface area contributed by atoms with E-state index in [1.807, 2.05) is 0 Å². The Morgan fingerprint density at radius 3 is 2.44 bits per heavy atom. The quantitative estimate of drug-likeness (QED) is 0.839. The maximum atomic E-state index is 12.8. The second-order valence-electron chi connectivity index (χ2n) is 7.68. The molecule has 140 valence electrons. The number of piperidine rings is 1. The largest absolute Gasteiger partial charge is 0.352 e. The maximum absolute atomic E-state index is 12.8. The molecule has 0 saturated carbocycles. The summed E-state index contributed by atoms with van der Waals surface area (Å²) in [6.45, 7) is 7.85. The van der Waals surface area contributed by atoms with Crippen LogP contribution in [0.15, 0.2) is 23.1 Å². The molecular weight excluding hydrogens is 360 g/mol. The Kier molecular flexibility index (Phi) is 6.51. The third-order valence-electron chi connectivity index (χ3n) is 4.29. The molecule has 0 aromatic heterocycles. The second kappa shape index (κ2) is 8.06. The number of sulfonamides is 1. The molecule has 1 saturated heterocycles. The fraction of sp³-hybridized carbons (Fsp3) is 0.611. The summed E-state index contributed by atoms with van der Waals surface area (Å²) in [7, 11) is -3.67. The monoisotopic (exact) mass is 386 g/mol. The SMILES string of the molecule is CC(C)(C)CCNC(=O)c1ccc(Cl)c(S(=O)(=O)N2CCCCC2)c1.